The van der Waals surface area contributed by atoms with E-state index in [1.807, 2.05) is 30.5 Å². The van der Waals surface area contributed by atoms with Crippen LogP contribution in [0.1, 0.15) is 15.3 Å². The van der Waals surface area contributed by atoms with Gasteiger partial charge in [-0.1, -0.05) is 0 Å². The van der Waals surface area contributed by atoms with Crippen LogP contribution in [0.3, 0.4) is 0 Å². The molecule has 0 radical (unpaired) electrons. The molecule has 0 spiro atoms. The number of anilines is 1. The van der Waals surface area contributed by atoms with Gasteiger partial charge in [-0.3, -0.25) is 4.79 Å². The van der Waals surface area contributed by atoms with Gasteiger partial charge in [0.25, 0.3) is 0 Å². The minimum absolute atomic E-state index is 0.155. The topological polar surface area (TPSA) is 46.9 Å². The molecule has 0 aliphatic carbocycles. The Balaban J connectivity index is 1.64. The molecule has 0 aliphatic rings. The fraction of sp³-hybridized carbons (Fsp3) is 0.125. The molecule has 0 saturated carbocycles. The fourth-order valence-electron chi connectivity index (χ4n) is 1.99. The zero-order chi connectivity index (χ0) is 15.4. The maximum atomic E-state index is 12.0. The minimum Gasteiger partial charge on any atom is -0.307 e. The summed E-state index contributed by atoms with van der Waals surface area (Å²) in [6, 6.07) is 7.90. The first-order valence-corrected chi connectivity index (χ1v) is 8.55. The number of thiophene rings is 2. The Morgan fingerprint density at radius 2 is 2.27 bits per heavy atom. The van der Waals surface area contributed by atoms with Crippen LogP contribution in [-0.2, 0) is 11.3 Å². The molecule has 1 N–H and O–H groups in total. The smallest absolute Gasteiger partial charge is 0.249 e. The van der Waals surface area contributed by atoms with Gasteiger partial charge in [0.1, 0.15) is 5.82 Å². The minimum atomic E-state index is -0.155. The van der Waals surface area contributed by atoms with Gasteiger partial charge in [-0.15, -0.1) is 11.3 Å². The molecule has 22 heavy (non-hydrogen) atoms. The number of amides is 1. The third-order valence-corrected chi connectivity index (χ3v) is 4.74. The Morgan fingerprint density at radius 3 is 3.00 bits per heavy atom. The molecule has 6 heteroatoms. The van der Waals surface area contributed by atoms with Gasteiger partial charge in [0.05, 0.1) is 12.7 Å². The number of aryl methyl sites for hydroxylation is 1. The summed E-state index contributed by atoms with van der Waals surface area (Å²) in [5.41, 5.74) is 1.17. The summed E-state index contributed by atoms with van der Waals surface area (Å²) < 4.78 is 1.78. The molecular weight excluding hydrogens is 314 g/mol. The van der Waals surface area contributed by atoms with E-state index in [4.69, 9.17) is 0 Å². The molecule has 4 nitrogen and oxygen atoms in total. The zero-order valence-corrected chi connectivity index (χ0v) is 13.7. The van der Waals surface area contributed by atoms with E-state index in [1.54, 1.807) is 45.7 Å². The van der Waals surface area contributed by atoms with Gasteiger partial charge >= 0.3 is 0 Å². The molecular formula is C16H15N3OS2. The number of aromatic nitrogens is 2. The molecule has 0 unspecified atom stereocenters. The monoisotopic (exact) mass is 329 g/mol. The lowest BCUT2D eigenvalue weighted by molar-refractivity contribution is -0.111. The van der Waals surface area contributed by atoms with Crippen LogP contribution < -0.4 is 5.32 Å². The highest BCUT2D eigenvalue weighted by atomic mass is 32.1. The van der Waals surface area contributed by atoms with E-state index in [0.29, 0.717) is 12.4 Å². The zero-order valence-electron chi connectivity index (χ0n) is 12.0. The van der Waals surface area contributed by atoms with Crippen molar-refractivity contribution in [2.45, 2.75) is 13.5 Å². The molecule has 0 bridgehead atoms. The first-order chi connectivity index (χ1) is 10.7. The van der Waals surface area contributed by atoms with E-state index in [2.05, 4.69) is 21.9 Å². The number of carbonyl (C=O) groups is 1. The fourth-order valence-corrected chi connectivity index (χ4v) is 3.43. The third-order valence-electron chi connectivity index (χ3n) is 3.04. The Bertz CT molecular complexity index is 784. The highest BCUT2D eigenvalue weighted by Crippen LogP contribution is 2.17. The quantitative estimate of drug-likeness (QED) is 0.719. The van der Waals surface area contributed by atoms with Crippen LogP contribution in [0.5, 0.6) is 0 Å². The second kappa shape index (κ2) is 6.72. The molecule has 1 amide bonds. The van der Waals surface area contributed by atoms with Crippen molar-refractivity contribution in [1.82, 2.24) is 9.78 Å². The van der Waals surface area contributed by atoms with Gasteiger partial charge in [-0.05, 0) is 47.5 Å². The summed E-state index contributed by atoms with van der Waals surface area (Å²) >= 11 is 3.31. The Labute approximate surface area is 136 Å². The number of carbonyl (C=O) groups excluding carboxylic acids is 1. The average Bonchev–Trinajstić information content (AvgIpc) is 3.22. The number of nitrogens with zero attached hydrogens (tertiary/aromatic N) is 2. The first-order valence-electron chi connectivity index (χ1n) is 6.79. The van der Waals surface area contributed by atoms with Crippen LogP contribution in [0.2, 0.25) is 0 Å². The summed E-state index contributed by atoms with van der Waals surface area (Å²) in [6.07, 6.45) is 5.06. The van der Waals surface area contributed by atoms with Crippen molar-refractivity contribution in [2.24, 2.45) is 0 Å². The van der Waals surface area contributed by atoms with Crippen LogP contribution >= 0.6 is 22.7 Å². The van der Waals surface area contributed by atoms with Crippen molar-refractivity contribution in [3.8, 4) is 0 Å². The molecule has 0 aromatic carbocycles. The van der Waals surface area contributed by atoms with Gasteiger partial charge in [0, 0.05) is 21.9 Å². The first kappa shape index (κ1) is 14.7. The number of rotatable bonds is 5. The molecule has 3 rings (SSSR count). The van der Waals surface area contributed by atoms with Crippen LogP contribution in [0.25, 0.3) is 6.08 Å². The average molecular weight is 329 g/mol. The van der Waals surface area contributed by atoms with E-state index in [-0.39, 0.29) is 5.91 Å². The van der Waals surface area contributed by atoms with Crippen molar-refractivity contribution >= 4 is 40.5 Å². The van der Waals surface area contributed by atoms with Crippen LogP contribution in [0, 0.1) is 6.92 Å². The lowest BCUT2D eigenvalue weighted by Crippen LogP contribution is -2.13. The molecule has 0 atom stereocenters. The van der Waals surface area contributed by atoms with E-state index < -0.39 is 0 Å². The Hall–Kier alpha value is -2.18. The van der Waals surface area contributed by atoms with E-state index in [0.717, 1.165) is 4.88 Å². The molecule has 3 aromatic heterocycles. The normalized spacial score (nSPS) is 11.1. The van der Waals surface area contributed by atoms with Crippen molar-refractivity contribution in [3.05, 3.63) is 62.6 Å². The largest absolute Gasteiger partial charge is 0.307 e. The van der Waals surface area contributed by atoms with Gasteiger partial charge < -0.3 is 5.32 Å². The maximum Gasteiger partial charge on any atom is 0.249 e. The summed E-state index contributed by atoms with van der Waals surface area (Å²) in [7, 11) is 0. The maximum absolute atomic E-state index is 12.0. The van der Waals surface area contributed by atoms with Gasteiger partial charge in [-0.25, -0.2) is 4.68 Å². The summed E-state index contributed by atoms with van der Waals surface area (Å²) in [4.78, 5) is 14.3. The van der Waals surface area contributed by atoms with Crippen molar-refractivity contribution in [3.63, 3.8) is 0 Å². The Morgan fingerprint density at radius 1 is 1.36 bits per heavy atom. The highest BCUT2D eigenvalue weighted by molar-refractivity contribution is 7.12. The summed E-state index contributed by atoms with van der Waals surface area (Å²) in [5, 5.41) is 11.2. The van der Waals surface area contributed by atoms with Crippen LogP contribution in [-0.4, -0.2) is 15.7 Å². The van der Waals surface area contributed by atoms with Crippen molar-refractivity contribution in [1.29, 1.82) is 0 Å². The van der Waals surface area contributed by atoms with Crippen LogP contribution in [0.4, 0.5) is 5.82 Å². The predicted molar refractivity (Wildman–Crippen MR) is 92.4 cm³/mol. The lowest BCUT2D eigenvalue weighted by Gasteiger charge is -2.06. The highest BCUT2D eigenvalue weighted by Gasteiger charge is 2.06. The number of hydrogen-bond donors (Lipinski definition) is 1. The van der Waals surface area contributed by atoms with E-state index in [1.165, 1.54) is 10.4 Å². The molecule has 3 heterocycles. The van der Waals surface area contributed by atoms with Crippen LogP contribution in [0.15, 0.2) is 47.3 Å². The Kier molecular flexibility index (Phi) is 4.50. The second-order valence-corrected chi connectivity index (χ2v) is 6.88. The standard InChI is InChI=1S/C16H15N3OS2/c1-12-2-3-14(22-12)4-5-16(20)18-15-6-8-17-19(15)10-13-7-9-21-11-13/h2-9,11H,10H2,1H3,(H,18,20)/b5-4+. The summed E-state index contributed by atoms with van der Waals surface area (Å²) in [5.74, 6) is 0.543. The van der Waals surface area contributed by atoms with E-state index >= 15 is 0 Å². The third kappa shape index (κ3) is 3.72. The second-order valence-electron chi connectivity index (χ2n) is 4.78. The molecule has 3 aromatic rings. The predicted octanol–water partition coefficient (Wildman–Crippen LogP) is 4.01. The van der Waals surface area contributed by atoms with E-state index in [9.17, 15) is 4.79 Å². The molecule has 0 saturated heterocycles. The van der Waals surface area contributed by atoms with Gasteiger partial charge in [0.2, 0.25) is 5.91 Å². The molecule has 112 valence electrons. The molecule has 0 fully saturated rings. The lowest BCUT2D eigenvalue weighted by atomic mass is 10.3. The SMILES string of the molecule is Cc1ccc(/C=C/C(=O)Nc2ccnn2Cc2ccsc2)s1. The van der Waals surface area contributed by atoms with Gasteiger partial charge in [0.15, 0.2) is 0 Å². The number of nitrogens with one attached hydrogen (secondary N) is 1. The van der Waals surface area contributed by atoms with Gasteiger partial charge in [-0.2, -0.15) is 16.4 Å². The van der Waals surface area contributed by atoms with Crippen molar-refractivity contribution in [2.75, 3.05) is 5.32 Å². The van der Waals surface area contributed by atoms with Crippen molar-refractivity contribution < 1.29 is 4.79 Å². The molecule has 0 aliphatic heterocycles. The summed E-state index contributed by atoms with van der Waals surface area (Å²) in [6.45, 7) is 2.70. The number of hydrogen-bond acceptors (Lipinski definition) is 4.